The van der Waals surface area contributed by atoms with Crippen molar-refractivity contribution in [2.75, 3.05) is 0 Å². The van der Waals surface area contributed by atoms with E-state index in [1.807, 2.05) is 36.4 Å². The Labute approximate surface area is 148 Å². The van der Waals surface area contributed by atoms with Crippen molar-refractivity contribution < 1.29 is 9.59 Å². The highest BCUT2D eigenvalue weighted by Gasteiger charge is 2.28. The molecule has 0 bridgehead atoms. The molecular weight excluding hydrogens is 370 g/mol. The molecule has 5 nitrogen and oxygen atoms in total. The number of carbonyl (C=O) groups excluding carboxylic acids is 2. The van der Waals surface area contributed by atoms with E-state index in [4.69, 9.17) is 0 Å². The number of rotatable bonds is 6. The van der Waals surface area contributed by atoms with Crippen LogP contribution in [0.5, 0.6) is 0 Å². The van der Waals surface area contributed by atoms with Crippen molar-refractivity contribution >= 4 is 27.7 Å². The number of carbonyl (C=O) groups is 2. The van der Waals surface area contributed by atoms with E-state index in [9.17, 15) is 9.59 Å². The number of hydrogen-bond donors (Lipinski definition) is 3. The van der Waals surface area contributed by atoms with Gasteiger partial charge in [-0.2, -0.15) is 0 Å². The molecule has 0 heterocycles. The van der Waals surface area contributed by atoms with E-state index in [1.165, 1.54) is 0 Å². The summed E-state index contributed by atoms with van der Waals surface area (Å²) in [6, 6.07) is 16.1. The maximum absolute atomic E-state index is 12.5. The summed E-state index contributed by atoms with van der Waals surface area (Å²) in [6.45, 7) is 0. The van der Waals surface area contributed by atoms with Crippen molar-refractivity contribution in [1.29, 1.82) is 0 Å². The molecule has 0 radical (unpaired) electrons. The van der Waals surface area contributed by atoms with Gasteiger partial charge < -0.3 is 5.32 Å². The average molecular weight is 388 g/mol. The second-order valence-electron chi connectivity index (χ2n) is 5.70. The van der Waals surface area contributed by atoms with Crippen LogP contribution < -0.4 is 16.2 Å². The molecule has 1 aliphatic rings. The van der Waals surface area contributed by atoms with Crippen molar-refractivity contribution in [3.8, 4) is 0 Å². The predicted octanol–water partition coefficient (Wildman–Crippen LogP) is 2.70. The van der Waals surface area contributed by atoms with Crippen LogP contribution in [-0.2, 0) is 4.79 Å². The molecule has 2 aromatic carbocycles. The molecule has 1 aliphatic carbocycles. The summed E-state index contributed by atoms with van der Waals surface area (Å²) in [5.74, 6) is -0.446. The lowest BCUT2D eigenvalue weighted by Gasteiger charge is -2.19. The summed E-state index contributed by atoms with van der Waals surface area (Å²) in [5, 5.41) is 2.97. The maximum atomic E-state index is 12.5. The van der Waals surface area contributed by atoms with Crippen molar-refractivity contribution in [3.63, 3.8) is 0 Å². The number of amides is 2. The summed E-state index contributed by atoms with van der Waals surface area (Å²) in [6.07, 6.45) is 2.02. The first-order chi connectivity index (χ1) is 11.6. The molecule has 3 N–H and O–H groups in total. The minimum atomic E-state index is -0.641. The van der Waals surface area contributed by atoms with Gasteiger partial charge in [-0.1, -0.05) is 42.5 Å². The molecule has 0 aliphatic heterocycles. The first-order valence-electron chi connectivity index (χ1n) is 7.81. The van der Waals surface area contributed by atoms with E-state index < -0.39 is 6.04 Å². The van der Waals surface area contributed by atoms with Gasteiger partial charge in [0.2, 0.25) is 5.91 Å². The Morgan fingerprint density at radius 3 is 2.33 bits per heavy atom. The van der Waals surface area contributed by atoms with Gasteiger partial charge in [-0.05, 0) is 46.5 Å². The van der Waals surface area contributed by atoms with Crippen molar-refractivity contribution in [3.05, 3.63) is 70.2 Å². The molecule has 124 valence electrons. The molecule has 1 saturated carbocycles. The van der Waals surface area contributed by atoms with Gasteiger partial charge >= 0.3 is 0 Å². The quantitative estimate of drug-likeness (QED) is 0.667. The van der Waals surface area contributed by atoms with Crippen LogP contribution in [0.4, 0.5) is 0 Å². The molecule has 6 heteroatoms. The SMILES string of the molecule is O=C(NN[C@@H](C(=O)NC1CC1)c1ccccc1)c1ccccc1Br. The fourth-order valence-electron chi connectivity index (χ4n) is 2.31. The fourth-order valence-corrected chi connectivity index (χ4v) is 2.77. The highest BCUT2D eigenvalue weighted by molar-refractivity contribution is 9.10. The normalized spacial score (nSPS) is 14.7. The Hall–Kier alpha value is -2.18. The molecule has 0 saturated heterocycles. The third-order valence-corrected chi connectivity index (χ3v) is 4.46. The van der Waals surface area contributed by atoms with E-state index in [-0.39, 0.29) is 17.9 Å². The zero-order valence-corrected chi connectivity index (χ0v) is 14.5. The predicted molar refractivity (Wildman–Crippen MR) is 95.1 cm³/mol. The Kier molecular flexibility index (Phi) is 5.27. The van der Waals surface area contributed by atoms with Crippen LogP contribution in [0.3, 0.4) is 0 Å². The molecule has 2 aromatic rings. The van der Waals surface area contributed by atoms with Crippen LogP contribution >= 0.6 is 15.9 Å². The molecule has 0 aromatic heterocycles. The van der Waals surface area contributed by atoms with Crippen molar-refractivity contribution in [2.45, 2.75) is 24.9 Å². The Morgan fingerprint density at radius 2 is 1.67 bits per heavy atom. The summed E-state index contributed by atoms with van der Waals surface area (Å²) in [4.78, 5) is 24.8. The van der Waals surface area contributed by atoms with Gasteiger partial charge in [0.25, 0.3) is 5.91 Å². The van der Waals surface area contributed by atoms with Gasteiger partial charge in [-0.3, -0.25) is 15.0 Å². The molecule has 0 unspecified atom stereocenters. The second kappa shape index (κ2) is 7.59. The highest BCUT2D eigenvalue weighted by atomic mass is 79.9. The molecular formula is C18H18BrN3O2. The largest absolute Gasteiger partial charge is 0.352 e. The Morgan fingerprint density at radius 1 is 1.00 bits per heavy atom. The maximum Gasteiger partial charge on any atom is 0.266 e. The monoisotopic (exact) mass is 387 g/mol. The van der Waals surface area contributed by atoms with Crippen LogP contribution in [0.2, 0.25) is 0 Å². The number of halogens is 1. The Bertz CT molecular complexity index is 732. The van der Waals surface area contributed by atoms with Gasteiger partial charge in [-0.15, -0.1) is 0 Å². The summed E-state index contributed by atoms with van der Waals surface area (Å²) in [7, 11) is 0. The van der Waals surface area contributed by atoms with Crippen molar-refractivity contribution in [1.82, 2.24) is 16.2 Å². The zero-order chi connectivity index (χ0) is 16.9. The number of hydrazine groups is 1. The third-order valence-electron chi connectivity index (χ3n) is 3.77. The van der Waals surface area contributed by atoms with E-state index in [2.05, 4.69) is 32.1 Å². The topological polar surface area (TPSA) is 70.2 Å². The average Bonchev–Trinajstić information content (AvgIpc) is 3.40. The van der Waals surface area contributed by atoms with E-state index in [0.29, 0.717) is 10.0 Å². The molecule has 0 spiro atoms. The van der Waals surface area contributed by atoms with Gasteiger partial charge in [0.15, 0.2) is 0 Å². The first kappa shape index (κ1) is 16.7. The lowest BCUT2D eigenvalue weighted by molar-refractivity contribution is -0.123. The van der Waals surface area contributed by atoms with Gasteiger partial charge in [0, 0.05) is 10.5 Å². The lowest BCUT2D eigenvalue weighted by atomic mass is 10.1. The van der Waals surface area contributed by atoms with Crippen LogP contribution in [0.1, 0.15) is 34.8 Å². The van der Waals surface area contributed by atoms with Gasteiger partial charge in [0.1, 0.15) is 6.04 Å². The molecule has 24 heavy (non-hydrogen) atoms. The van der Waals surface area contributed by atoms with Crippen LogP contribution in [0, 0.1) is 0 Å². The number of nitrogens with one attached hydrogen (secondary N) is 3. The van der Waals surface area contributed by atoms with E-state index in [1.54, 1.807) is 18.2 Å². The lowest BCUT2D eigenvalue weighted by Crippen LogP contribution is -2.47. The minimum absolute atomic E-state index is 0.142. The summed E-state index contributed by atoms with van der Waals surface area (Å²) in [5.41, 5.74) is 6.79. The zero-order valence-electron chi connectivity index (χ0n) is 13.0. The van der Waals surface area contributed by atoms with Gasteiger partial charge in [-0.25, -0.2) is 5.43 Å². The number of hydrogen-bond acceptors (Lipinski definition) is 3. The number of benzene rings is 2. The van der Waals surface area contributed by atoms with Crippen LogP contribution in [0.15, 0.2) is 59.1 Å². The molecule has 3 rings (SSSR count). The second-order valence-corrected chi connectivity index (χ2v) is 6.56. The van der Waals surface area contributed by atoms with E-state index in [0.717, 1.165) is 18.4 Å². The molecule has 1 atom stereocenters. The summed E-state index contributed by atoms with van der Waals surface area (Å²) < 4.78 is 0.697. The standard InChI is InChI=1S/C18H18BrN3O2/c19-15-9-5-4-8-14(15)17(23)22-21-16(12-6-2-1-3-7-12)18(24)20-13-10-11-13/h1-9,13,16,21H,10-11H2,(H,20,24)(H,22,23)/t16-/m1/s1. The fraction of sp³-hybridized carbons (Fsp3) is 0.222. The van der Waals surface area contributed by atoms with Gasteiger partial charge in [0.05, 0.1) is 5.56 Å². The minimum Gasteiger partial charge on any atom is -0.352 e. The Balaban J connectivity index is 1.70. The molecule has 1 fully saturated rings. The highest BCUT2D eigenvalue weighted by Crippen LogP contribution is 2.21. The first-order valence-corrected chi connectivity index (χ1v) is 8.60. The molecule has 2 amide bonds. The smallest absolute Gasteiger partial charge is 0.266 e. The van der Waals surface area contributed by atoms with Crippen LogP contribution in [0.25, 0.3) is 0 Å². The van der Waals surface area contributed by atoms with E-state index >= 15 is 0 Å². The summed E-state index contributed by atoms with van der Waals surface area (Å²) >= 11 is 3.35. The van der Waals surface area contributed by atoms with Crippen molar-refractivity contribution in [2.24, 2.45) is 0 Å². The third kappa shape index (κ3) is 4.21. The van der Waals surface area contributed by atoms with Crippen LogP contribution in [-0.4, -0.2) is 17.9 Å².